The van der Waals surface area contributed by atoms with E-state index in [-0.39, 0.29) is 5.69 Å². The van der Waals surface area contributed by atoms with Gasteiger partial charge in [-0.15, -0.1) is 0 Å². The topological polar surface area (TPSA) is 64.4 Å². The minimum absolute atomic E-state index is 0.0888. The van der Waals surface area contributed by atoms with Gasteiger partial charge in [-0.2, -0.15) is 11.8 Å². The fourth-order valence-electron chi connectivity index (χ4n) is 2.61. The van der Waals surface area contributed by atoms with Crippen LogP contribution in [-0.4, -0.2) is 35.1 Å². The van der Waals surface area contributed by atoms with Crippen molar-refractivity contribution >= 4 is 17.4 Å². The Hall–Kier alpha value is -1.27. The summed E-state index contributed by atoms with van der Waals surface area (Å²) in [6.07, 6.45) is 3.80. The predicted octanol–water partition coefficient (Wildman–Crippen LogP) is 3.24. The molecule has 21 heavy (non-hydrogen) atoms. The van der Waals surface area contributed by atoms with Crippen LogP contribution in [0.3, 0.4) is 0 Å². The Morgan fingerprint density at radius 1 is 1.38 bits per heavy atom. The summed E-state index contributed by atoms with van der Waals surface area (Å²) in [5, 5.41) is 14.9. The fourth-order valence-corrected chi connectivity index (χ4v) is 3.75. The molecule has 0 aromatic heterocycles. The van der Waals surface area contributed by atoms with Crippen molar-refractivity contribution in [1.29, 1.82) is 0 Å². The van der Waals surface area contributed by atoms with E-state index >= 15 is 0 Å². The second-order valence-corrected chi connectivity index (χ2v) is 6.72. The highest BCUT2D eigenvalue weighted by Crippen LogP contribution is 2.29. The van der Waals surface area contributed by atoms with Gasteiger partial charge >= 0.3 is 0 Å². The SMILES string of the molecule is CCSC1CCC(NCCOc2ccc([N+](=O)[O-])cc2)C1. The molecule has 2 rings (SSSR count). The quantitative estimate of drug-likeness (QED) is 0.454. The van der Waals surface area contributed by atoms with Gasteiger partial charge in [-0.1, -0.05) is 6.92 Å². The average molecular weight is 310 g/mol. The summed E-state index contributed by atoms with van der Waals surface area (Å²) in [6, 6.07) is 6.82. The number of hydrogen-bond donors (Lipinski definition) is 1. The van der Waals surface area contributed by atoms with Gasteiger partial charge in [0.05, 0.1) is 4.92 Å². The third kappa shape index (κ3) is 5.21. The van der Waals surface area contributed by atoms with Crippen molar-refractivity contribution in [3.05, 3.63) is 34.4 Å². The molecule has 0 heterocycles. The molecule has 5 nitrogen and oxygen atoms in total. The largest absolute Gasteiger partial charge is 0.492 e. The number of benzene rings is 1. The van der Waals surface area contributed by atoms with Crippen LogP contribution in [0.15, 0.2) is 24.3 Å². The first-order chi connectivity index (χ1) is 10.2. The van der Waals surface area contributed by atoms with E-state index in [0.717, 1.165) is 11.8 Å². The average Bonchev–Trinajstić information content (AvgIpc) is 2.92. The molecule has 0 amide bonds. The lowest BCUT2D eigenvalue weighted by atomic mass is 10.2. The highest BCUT2D eigenvalue weighted by atomic mass is 32.2. The molecule has 1 saturated carbocycles. The summed E-state index contributed by atoms with van der Waals surface area (Å²) in [5.74, 6) is 1.87. The molecule has 1 fully saturated rings. The molecular formula is C15H22N2O3S. The molecule has 2 unspecified atom stereocenters. The first-order valence-corrected chi connectivity index (χ1v) is 8.46. The Kier molecular flexibility index (Phi) is 6.32. The number of thioether (sulfide) groups is 1. The van der Waals surface area contributed by atoms with E-state index in [4.69, 9.17) is 4.74 Å². The maximum atomic E-state index is 10.5. The second-order valence-electron chi connectivity index (χ2n) is 5.14. The summed E-state index contributed by atoms with van der Waals surface area (Å²) < 4.78 is 5.58. The summed E-state index contributed by atoms with van der Waals surface area (Å²) in [6.45, 7) is 3.61. The van der Waals surface area contributed by atoms with Crippen LogP contribution in [0, 0.1) is 10.1 Å². The smallest absolute Gasteiger partial charge is 0.269 e. The van der Waals surface area contributed by atoms with Crippen LogP contribution in [0.2, 0.25) is 0 Å². The normalized spacial score (nSPS) is 21.4. The van der Waals surface area contributed by atoms with Gasteiger partial charge in [0.2, 0.25) is 0 Å². The van der Waals surface area contributed by atoms with Crippen LogP contribution in [-0.2, 0) is 0 Å². The Labute approximate surface area is 129 Å². The van der Waals surface area contributed by atoms with Crippen LogP contribution in [0.1, 0.15) is 26.2 Å². The molecule has 1 N–H and O–H groups in total. The monoisotopic (exact) mass is 310 g/mol. The minimum Gasteiger partial charge on any atom is -0.492 e. The molecule has 0 spiro atoms. The van der Waals surface area contributed by atoms with E-state index < -0.39 is 4.92 Å². The van der Waals surface area contributed by atoms with Gasteiger partial charge in [0.1, 0.15) is 12.4 Å². The van der Waals surface area contributed by atoms with E-state index in [2.05, 4.69) is 24.0 Å². The van der Waals surface area contributed by atoms with Gasteiger partial charge < -0.3 is 10.1 Å². The molecule has 1 aliphatic rings. The van der Waals surface area contributed by atoms with Crippen molar-refractivity contribution in [3.8, 4) is 5.75 Å². The van der Waals surface area contributed by atoms with Gasteiger partial charge in [0, 0.05) is 30.0 Å². The van der Waals surface area contributed by atoms with Crippen molar-refractivity contribution in [3.63, 3.8) is 0 Å². The molecule has 1 aromatic carbocycles. The molecule has 116 valence electrons. The van der Waals surface area contributed by atoms with Crippen molar-refractivity contribution in [2.24, 2.45) is 0 Å². The first kappa shape index (κ1) is 16.1. The minimum atomic E-state index is -0.407. The summed E-state index contributed by atoms with van der Waals surface area (Å²) in [4.78, 5) is 10.1. The van der Waals surface area contributed by atoms with Gasteiger partial charge in [-0.25, -0.2) is 0 Å². The van der Waals surface area contributed by atoms with E-state index in [1.165, 1.54) is 37.1 Å². The highest BCUT2D eigenvalue weighted by Gasteiger charge is 2.23. The van der Waals surface area contributed by atoms with Gasteiger partial charge in [0.25, 0.3) is 5.69 Å². The van der Waals surface area contributed by atoms with Gasteiger partial charge in [0.15, 0.2) is 0 Å². The molecule has 0 bridgehead atoms. The number of non-ortho nitro benzene ring substituents is 1. The molecule has 0 aliphatic heterocycles. The number of nitro groups is 1. The Morgan fingerprint density at radius 2 is 2.14 bits per heavy atom. The second kappa shape index (κ2) is 8.24. The number of nitrogens with zero attached hydrogens (tertiary/aromatic N) is 1. The van der Waals surface area contributed by atoms with Crippen molar-refractivity contribution in [2.75, 3.05) is 18.9 Å². The van der Waals surface area contributed by atoms with Crippen LogP contribution < -0.4 is 10.1 Å². The standard InChI is InChI=1S/C15H22N2O3S/c1-2-21-15-8-3-12(11-15)16-9-10-20-14-6-4-13(5-7-14)17(18)19/h4-7,12,15-16H,2-3,8-11H2,1H3. The predicted molar refractivity (Wildman–Crippen MR) is 86.2 cm³/mol. The van der Waals surface area contributed by atoms with Crippen molar-refractivity contribution in [1.82, 2.24) is 5.32 Å². The van der Waals surface area contributed by atoms with E-state index in [9.17, 15) is 10.1 Å². The zero-order chi connectivity index (χ0) is 15.1. The molecule has 0 saturated heterocycles. The zero-order valence-corrected chi connectivity index (χ0v) is 13.1. The lowest BCUT2D eigenvalue weighted by Gasteiger charge is -2.13. The van der Waals surface area contributed by atoms with E-state index in [1.807, 2.05) is 0 Å². The Balaban J connectivity index is 1.62. The fraction of sp³-hybridized carbons (Fsp3) is 0.600. The molecule has 0 radical (unpaired) electrons. The van der Waals surface area contributed by atoms with Crippen molar-refractivity contribution in [2.45, 2.75) is 37.5 Å². The summed E-state index contributed by atoms with van der Waals surface area (Å²) in [7, 11) is 0. The third-order valence-corrected chi connectivity index (χ3v) is 4.87. The number of nitrogens with one attached hydrogen (secondary N) is 1. The van der Waals surface area contributed by atoms with Crippen LogP contribution in [0.25, 0.3) is 0 Å². The van der Waals surface area contributed by atoms with E-state index in [0.29, 0.717) is 18.4 Å². The molecule has 2 atom stereocenters. The number of rotatable bonds is 8. The van der Waals surface area contributed by atoms with Crippen LogP contribution in [0.5, 0.6) is 5.75 Å². The first-order valence-electron chi connectivity index (χ1n) is 7.41. The summed E-state index contributed by atoms with van der Waals surface area (Å²) in [5.41, 5.74) is 0.0888. The summed E-state index contributed by atoms with van der Waals surface area (Å²) >= 11 is 2.06. The molecular weight excluding hydrogens is 288 g/mol. The van der Waals surface area contributed by atoms with Crippen molar-refractivity contribution < 1.29 is 9.66 Å². The zero-order valence-electron chi connectivity index (χ0n) is 12.3. The lowest BCUT2D eigenvalue weighted by molar-refractivity contribution is -0.384. The Morgan fingerprint density at radius 3 is 2.81 bits per heavy atom. The molecule has 1 aromatic rings. The lowest BCUT2D eigenvalue weighted by Crippen LogP contribution is -2.30. The number of ether oxygens (including phenoxy) is 1. The van der Waals surface area contributed by atoms with Crippen LogP contribution >= 0.6 is 11.8 Å². The number of nitro benzene ring substituents is 1. The van der Waals surface area contributed by atoms with Crippen LogP contribution in [0.4, 0.5) is 5.69 Å². The molecule has 6 heteroatoms. The molecule has 1 aliphatic carbocycles. The Bertz CT molecular complexity index is 453. The third-order valence-electron chi connectivity index (χ3n) is 3.64. The van der Waals surface area contributed by atoms with E-state index in [1.54, 1.807) is 12.1 Å². The number of hydrogen-bond acceptors (Lipinski definition) is 5. The van der Waals surface area contributed by atoms with Gasteiger partial charge in [-0.3, -0.25) is 10.1 Å². The highest BCUT2D eigenvalue weighted by molar-refractivity contribution is 7.99. The van der Waals surface area contributed by atoms with Gasteiger partial charge in [-0.05, 0) is 37.1 Å². The maximum Gasteiger partial charge on any atom is 0.269 e. The maximum absolute atomic E-state index is 10.5.